The highest BCUT2D eigenvalue weighted by Gasteiger charge is 2.42. The average molecular weight is 1630 g/mol. The summed E-state index contributed by atoms with van der Waals surface area (Å²) in [6.45, 7) is 4.90. The number of carbonyl (C=O) groups excluding carboxylic acids is 4. The number of esters is 3. The minimum atomic E-state index is -1.03. The molecule has 2 aromatic heterocycles. The van der Waals surface area contributed by atoms with Gasteiger partial charge in [-0.3, -0.25) is 28.8 Å². The van der Waals surface area contributed by atoms with Gasteiger partial charge < -0.3 is 43.4 Å². The Kier molecular flexibility index (Phi) is 34.0. The molecular formula is C95H134N8O15. The molecule has 0 aliphatic heterocycles. The zero-order valence-electron chi connectivity index (χ0n) is 71.5. The van der Waals surface area contributed by atoms with Crippen molar-refractivity contribution in [2.75, 3.05) is 47.8 Å². The summed E-state index contributed by atoms with van der Waals surface area (Å²) in [6, 6.07) is 30.5. The lowest BCUT2D eigenvalue weighted by molar-refractivity contribution is -0.147. The maximum atomic E-state index is 12.3. The minimum absolute atomic E-state index is 0.0570. The molecule has 23 heteroatoms. The lowest BCUT2D eigenvalue weighted by atomic mass is 9.63. The van der Waals surface area contributed by atoms with Gasteiger partial charge in [0.1, 0.15) is 28.8 Å². The second kappa shape index (κ2) is 44.5. The number of methoxy groups -OCH3 is 3. The Hall–Kier alpha value is -8.76. The second-order valence-electron chi connectivity index (χ2n) is 36.2. The summed E-state index contributed by atoms with van der Waals surface area (Å²) in [5.41, 5.74) is 5.63. The molecule has 4 spiro atoms. The molecule has 2 N–H and O–H groups in total. The number of aryl methyl sites for hydroxylation is 2. The lowest BCUT2D eigenvalue weighted by Crippen LogP contribution is -2.33. The van der Waals surface area contributed by atoms with Crippen molar-refractivity contribution in [2.45, 2.75) is 294 Å². The van der Waals surface area contributed by atoms with Crippen molar-refractivity contribution >= 4 is 35.6 Å². The Morgan fingerprint density at radius 1 is 0.373 bits per heavy atom. The molecule has 644 valence electrons. The summed E-state index contributed by atoms with van der Waals surface area (Å²) in [7, 11) is 7.52. The van der Waals surface area contributed by atoms with Crippen LogP contribution in [0.2, 0.25) is 0 Å². The van der Waals surface area contributed by atoms with E-state index in [1.54, 1.807) is 30.9 Å². The van der Waals surface area contributed by atoms with E-state index in [2.05, 4.69) is 35.8 Å². The number of carboxylic acid groups (broad SMARTS) is 2. The molecule has 118 heavy (non-hydrogen) atoms. The van der Waals surface area contributed by atoms with Crippen molar-refractivity contribution in [3.05, 3.63) is 131 Å². The molecule has 4 aromatic carbocycles. The highest BCUT2D eigenvalue weighted by atomic mass is 16.5. The van der Waals surface area contributed by atoms with Crippen LogP contribution < -0.4 is 18.9 Å². The summed E-state index contributed by atoms with van der Waals surface area (Å²) in [5, 5.41) is 42.0. The van der Waals surface area contributed by atoms with Crippen LogP contribution >= 0.6 is 0 Å². The fourth-order valence-corrected chi connectivity index (χ4v) is 21.7. The third-order valence-electron chi connectivity index (χ3n) is 28.0. The molecule has 0 radical (unpaired) electrons. The summed E-state index contributed by atoms with van der Waals surface area (Å²) >= 11 is 0. The van der Waals surface area contributed by atoms with E-state index in [1.165, 1.54) is 257 Å². The number of nitrogens with zero attached hydrogens (tertiary/aromatic N) is 8. The van der Waals surface area contributed by atoms with Crippen LogP contribution in [0, 0.1) is 45.3 Å². The minimum Gasteiger partial charge on any atom is -0.493 e. The highest BCUT2D eigenvalue weighted by molar-refractivity contribution is 5.89. The van der Waals surface area contributed by atoms with Crippen LogP contribution in [-0.4, -0.2) is 134 Å². The molecule has 2 heterocycles. The molecule has 23 nitrogen and oxygen atoms in total. The number of Topliss-reactive ketones (excluding diaryl/α,β-unsaturated/α-hetero) is 1. The van der Waals surface area contributed by atoms with Gasteiger partial charge in [0.25, 0.3) is 0 Å². The van der Waals surface area contributed by atoms with Gasteiger partial charge in [0, 0.05) is 20.5 Å². The third-order valence-corrected chi connectivity index (χ3v) is 28.0. The first-order chi connectivity index (χ1) is 57.2. The Morgan fingerprint density at radius 3 is 0.915 bits per heavy atom. The van der Waals surface area contributed by atoms with Gasteiger partial charge in [0.15, 0.2) is 11.6 Å². The van der Waals surface area contributed by atoms with Crippen molar-refractivity contribution in [3.8, 4) is 23.0 Å². The fourth-order valence-electron chi connectivity index (χ4n) is 21.7. The first-order valence-electron chi connectivity index (χ1n) is 44.7. The van der Waals surface area contributed by atoms with E-state index < -0.39 is 29.7 Å². The van der Waals surface area contributed by atoms with Crippen LogP contribution in [0.15, 0.2) is 97.1 Å². The van der Waals surface area contributed by atoms with Gasteiger partial charge in [0.05, 0.1) is 97.1 Å². The maximum Gasteiger partial charge on any atom is 0.311 e. The third kappa shape index (κ3) is 26.1. The molecule has 8 aliphatic rings. The maximum absolute atomic E-state index is 12.3. The first kappa shape index (κ1) is 90.0. The van der Waals surface area contributed by atoms with Crippen LogP contribution in [0.5, 0.6) is 23.0 Å². The van der Waals surface area contributed by atoms with Crippen molar-refractivity contribution in [1.29, 1.82) is 0 Å². The number of rotatable bonds is 29. The Morgan fingerprint density at radius 2 is 0.644 bits per heavy atom. The van der Waals surface area contributed by atoms with E-state index >= 15 is 0 Å². The molecule has 8 fully saturated rings. The molecular weight excluding hydrogens is 1490 g/mol. The number of benzene rings is 4. The van der Waals surface area contributed by atoms with Crippen LogP contribution in [0.3, 0.4) is 0 Å². The highest BCUT2D eigenvalue weighted by Crippen LogP contribution is 2.53. The Bertz CT molecular complexity index is 4060. The van der Waals surface area contributed by atoms with E-state index in [1.807, 2.05) is 91.9 Å². The zero-order valence-corrected chi connectivity index (χ0v) is 71.5. The monoisotopic (exact) mass is 1630 g/mol. The van der Waals surface area contributed by atoms with Gasteiger partial charge >= 0.3 is 29.8 Å². The predicted molar refractivity (Wildman–Crippen MR) is 450 cm³/mol. The topological polar surface area (TPSA) is 295 Å². The lowest BCUT2D eigenvalue weighted by Gasteiger charge is -2.43. The Labute approximate surface area is 699 Å². The quantitative estimate of drug-likeness (QED) is 0.0326. The molecule has 8 unspecified atom stereocenters. The normalized spacial score (nSPS) is 22.0. The standard InChI is InChI=1S/C25H36O4.C24H34N4O3.C23H32N4O3.C23H32O5/c1-3-23(26)22(16-24(27)28-2)20-9-11-21(12-10-20)29-18-19-8-7-15-25(17-19)13-5-4-6-14-25;1-28-23(25-26-27-28)21(15-22(29)30-2)19-8-10-20(11-9-19)31-17-18-7-6-14-24(16-18)12-4-3-5-13-24;1-27-22(24-25-26-27)20(14-21(28)29)18-7-9-19(10-8-18)30-16-17-6-5-13-23(15-17)11-3-2-4-12-23;1-27-21(24)14-20(22(25)26)18-7-9-19(10-8-18)28-16-17-6-5-13-23(15-17)11-3-2-4-12-23/h9-12,19,22H,3-8,13-18H2,1-2H3;8-11,18,21H,3-7,12-17H2,1-2H3;7-10,17,20H,2-6,11-16H2,1H3,(H,28,29);7-10,17,20H,2-6,11-16H2,1H3,(H,25,26). The number of aromatic nitrogens is 8. The predicted octanol–water partition coefficient (Wildman–Crippen LogP) is 19.5. The van der Waals surface area contributed by atoms with Crippen LogP contribution in [0.1, 0.15) is 328 Å². The summed E-state index contributed by atoms with van der Waals surface area (Å²) < 4.78 is 41.9. The zero-order chi connectivity index (χ0) is 83.3. The van der Waals surface area contributed by atoms with Gasteiger partial charge in [-0.1, -0.05) is 158 Å². The number of carbonyl (C=O) groups is 6. The number of ketones is 1. The van der Waals surface area contributed by atoms with Crippen molar-refractivity contribution in [1.82, 2.24) is 40.4 Å². The number of ether oxygens (including phenoxy) is 7. The Balaban J connectivity index is 0.000000154. The number of hydrogen-bond donors (Lipinski definition) is 2. The molecule has 0 amide bonds. The fraction of sp³-hybridized carbons (Fsp3) is 0.663. The first-order valence-corrected chi connectivity index (χ1v) is 44.7. The summed E-state index contributed by atoms with van der Waals surface area (Å²) in [4.78, 5) is 70.2. The van der Waals surface area contributed by atoms with Crippen molar-refractivity contribution in [3.63, 3.8) is 0 Å². The van der Waals surface area contributed by atoms with Crippen LogP contribution in [-0.2, 0) is 57.1 Å². The van der Waals surface area contributed by atoms with Gasteiger partial charge in [-0.2, -0.15) is 0 Å². The van der Waals surface area contributed by atoms with E-state index in [9.17, 15) is 39.0 Å². The average Bonchev–Trinajstić information content (AvgIpc) is 1.66. The molecule has 6 aromatic rings. The largest absolute Gasteiger partial charge is 0.493 e. The summed E-state index contributed by atoms with van der Waals surface area (Å²) in [5.74, 6) is 2.06. The molecule has 8 saturated carbocycles. The van der Waals surface area contributed by atoms with Gasteiger partial charge in [0.2, 0.25) is 0 Å². The van der Waals surface area contributed by atoms with E-state index in [0.717, 1.165) is 66.1 Å². The van der Waals surface area contributed by atoms with E-state index in [4.69, 9.17) is 28.4 Å². The smallest absolute Gasteiger partial charge is 0.311 e. The van der Waals surface area contributed by atoms with E-state index in [0.29, 0.717) is 69.0 Å². The number of tetrazole rings is 2. The van der Waals surface area contributed by atoms with Crippen molar-refractivity contribution in [2.24, 2.45) is 59.4 Å². The summed E-state index contributed by atoms with van der Waals surface area (Å²) in [6.07, 6.45) is 49.7. The van der Waals surface area contributed by atoms with Gasteiger partial charge in [-0.05, 0) is 265 Å². The number of carboxylic acids is 2. The number of hydrogen-bond acceptors (Lipinski definition) is 19. The molecule has 14 rings (SSSR count). The second-order valence-corrected chi connectivity index (χ2v) is 36.2. The van der Waals surface area contributed by atoms with Crippen molar-refractivity contribution < 1.29 is 72.1 Å². The molecule has 0 saturated heterocycles. The van der Waals surface area contributed by atoms with Crippen LogP contribution in [0.25, 0.3) is 0 Å². The molecule has 8 aliphatic carbocycles. The molecule has 8 atom stereocenters. The SMILES string of the molecule is CCC(=O)C(CC(=O)OC)c1ccc(OCC2CCCC3(CCCCC3)C2)cc1.COC(=O)CC(C(=O)O)c1ccc(OCC2CCCC3(CCCCC3)C2)cc1.COC(=O)CC(c1ccc(OCC2CCCC3(CCCCC3)C2)cc1)c1nnnn1C.Cn1nnnc1C(CC(=O)O)c1ccc(OCC2CCCC3(CCCCC3)C2)cc1. The molecule has 0 bridgehead atoms. The van der Waals surface area contributed by atoms with Gasteiger partial charge in [-0.15, -0.1) is 10.2 Å². The van der Waals surface area contributed by atoms with Gasteiger partial charge in [-0.25, -0.2) is 9.36 Å². The van der Waals surface area contributed by atoms with Crippen LogP contribution in [0.4, 0.5) is 0 Å². The number of aliphatic carboxylic acids is 2. The van der Waals surface area contributed by atoms with E-state index in [-0.39, 0.29) is 55.2 Å².